The Kier molecular flexibility index (Phi) is 11.9. The molecular weight excluding hydrogens is 533 g/mol. The molecular formula is C27H33Cl2N3O4S. The summed E-state index contributed by atoms with van der Waals surface area (Å²) in [5.74, 6) is 0.939. The van der Waals surface area contributed by atoms with Gasteiger partial charge in [0.05, 0.1) is 11.8 Å². The van der Waals surface area contributed by atoms with E-state index in [4.69, 9.17) is 4.74 Å². The van der Waals surface area contributed by atoms with E-state index in [-0.39, 0.29) is 35.4 Å². The number of fused-ring (bicyclic) bond motifs is 1. The molecule has 7 nitrogen and oxygen atoms in total. The standard InChI is InChI=1S/C27H31N3O4S.2ClH/c1-30(17-21-8-3-4-9-23(21)34-2)16-19-7-5-6-18(14-19)12-13-28-24(32)15-20-10-11-22(31)25-26(20)35-27(33)29-25;;/h3-11,14,24,28,31-32H,12-13,15-17H2,1-2H3,(H,29,33);2*1H. The highest BCUT2D eigenvalue weighted by Gasteiger charge is 2.13. The third-order valence-electron chi connectivity index (χ3n) is 5.92. The Morgan fingerprint density at radius 2 is 1.78 bits per heavy atom. The van der Waals surface area contributed by atoms with E-state index in [9.17, 15) is 15.0 Å². The van der Waals surface area contributed by atoms with Crippen LogP contribution in [-0.4, -0.2) is 47.0 Å². The van der Waals surface area contributed by atoms with Crippen LogP contribution in [-0.2, 0) is 25.9 Å². The number of nitrogens with one attached hydrogen (secondary N) is 2. The zero-order valence-electron chi connectivity index (χ0n) is 20.8. The lowest BCUT2D eigenvalue weighted by atomic mass is 10.1. The Labute approximate surface area is 232 Å². The van der Waals surface area contributed by atoms with E-state index < -0.39 is 6.23 Å². The van der Waals surface area contributed by atoms with Gasteiger partial charge >= 0.3 is 4.87 Å². The average Bonchev–Trinajstić information content (AvgIpc) is 3.24. The normalized spacial score (nSPS) is 11.7. The minimum Gasteiger partial charge on any atom is -0.506 e. The summed E-state index contributed by atoms with van der Waals surface area (Å²) < 4.78 is 6.15. The molecule has 0 bridgehead atoms. The van der Waals surface area contributed by atoms with Crippen LogP contribution in [0.25, 0.3) is 10.2 Å². The van der Waals surface area contributed by atoms with E-state index in [2.05, 4.69) is 52.6 Å². The molecule has 4 aromatic rings. The number of thiazole rings is 1. The molecule has 0 radical (unpaired) electrons. The van der Waals surface area contributed by atoms with Crippen molar-refractivity contribution in [2.75, 3.05) is 20.7 Å². The van der Waals surface area contributed by atoms with Gasteiger partial charge in [-0.15, -0.1) is 24.8 Å². The van der Waals surface area contributed by atoms with Crippen molar-refractivity contribution in [3.63, 3.8) is 0 Å². The predicted octanol–water partition coefficient (Wildman–Crippen LogP) is 4.47. The van der Waals surface area contributed by atoms with Crippen LogP contribution in [0.15, 0.2) is 65.5 Å². The summed E-state index contributed by atoms with van der Waals surface area (Å²) in [6, 6.07) is 19.9. The van der Waals surface area contributed by atoms with Crippen LogP contribution in [0.1, 0.15) is 22.3 Å². The molecule has 0 saturated carbocycles. The molecule has 1 heterocycles. The van der Waals surface area contributed by atoms with Crippen molar-refractivity contribution in [1.82, 2.24) is 15.2 Å². The van der Waals surface area contributed by atoms with E-state index >= 15 is 0 Å². The summed E-state index contributed by atoms with van der Waals surface area (Å²) in [6.45, 7) is 2.23. The Bertz CT molecular complexity index is 1340. The van der Waals surface area contributed by atoms with Gasteiger partial charge < -0.3 is 19.9 Å². The lowest BCUT2D eigenvalue weighted by molar-refractivity contribution is 0.138. The number of phenolic OH excluding ortho intramolecular Hbond substituents is 1. The number of hydrogen-bond acceptors (Lipinski definition) is 7. The van der Waals surface area contributed by atoms with Gasteiger partial charge in [0.25, 0.3) is 0 Å². The minimum atomic E-state index is -0.755. The summed E-state index contributed by atoms with van der Waals surface area (Å²) in [4.78, 5) is 16.4. The van der Waals surface area contributed by atoms with Crippen molar-refractivity contribution >= 4 is 46.4 Å². The van der Waals surface area contributed by atoms with Gasteiger partial charge in [-0.2, -0.15) is 0 Å². The van der Waals surface area contributed by atoms with Gasteiger partial charge in [-0.1, -0.05) is 59.9 Å². The fraction of sp³-hybridized carbons (Fsp3) is 0.296. The van der Waals surface area contributed by atoms with Crippen molar-refractivity contribution in [3.05, 3.63) is 92.6 Å². The number of H-pyrrole nitrogens is 1. The second-order valence-electron chi connectivity index (χ2n) is 8.69. The van der Waals surface area contributed by atoms with Crippen molar-refractivity contribution in [3.8, 4) is 11.5 Å². The van der Waals surface area contributed by atoms with Crippen molar-refractivity contribution < 1.29 is 14.9 Å². The number of aromatic hydroxyl groups is 1. The molecule has 4 N–H and O–H groups in total. The van der Waals surface area contributed by atoms with Crippen LogP contribution in [0.4, 0.5) is 0 Å². The van der Waals surface area contributed by atoms with Gasteiger partial charge in [-0.25, -0.2) is 0 Å². The topological polar surface area (TPSA) is 97.8 Å². The predicted molar refractivity (Wildman–Crippen MR) is 155 cm³/mol. The minimum absolute atomic E-state index is 0. The van der Waals surface area contributed by atoms with Crippen LogP contribution >= 0.6 is 36.2 Å². The van der Waals surface area contributed by atoms with Gasteiger partial charge in [-0.3, -0.25) is 15.0 Å². The van der Waals surface area contributed by atoms with Gasteiger partial charge in [0.2, 0.25) is 0 Å². The van der Waals surface area contributed by atoms with Gasteiger partial charge in [0, 0.05) is 31.6 Å². The quantitative estimate of drug-likeness (QED) is 0.200. The number of para-hydroxylation sites is 1. The Morgan fingerprint density at radius 3 is 2.57 bits per heavy atom. The highest BCUT2D eigenvalue weighted by atomic mass is 35.5. The summed E-state index contributed by atoms with van der Waals surface area (Å²) in [6.07, 6.45) is 0.372. The average molecular weight is 567 g/mol. The Hall–Kier alpha value is -2.59. The molecule has 1 aromatic heterocycles. The maximum atomic E-state index is 11.7. The smallest absolute Gasteiger partial charge is 0.305 e. The molecule has 1 unspecified atom stereocenters. The molecule has 37 heavy (non-hydrogen) atoms. The lowest BCUT2D eigenvalue weighted by Crippen LogP contribution is -2.32. The van der Waals surface area contributed by atoms with E-state index in [0.717, 1.165) is 47.7 Å². The second kappa shape index (κ2) is 14.4. The zero-order valence-corrected chi connectivity index (χ0v) is 23.2. The third kappa shape index (κ3) is 8.20. The zero-order chi connectivity index (χ0) is 24.8. The largest absolute Gasteiger partial charge is 0.506 e. The van der Waals surface area contributed by atoms with Crippen LogP contribution in [0.5, 0.6) is 11.5 Å². The summed E-state index contributed by atoms with van der Waals surface area (Å²) in [7, 11) is 3.79. The number of phenols is 1. The van der Waals surface area contributed by atoms with Crippen molar-refractivity contribution in [1.29, 1.82) is 0 Å². The maximum Gasteiger partial charge on any atom is 0.305 e. The number of nitrogens with zero attached hydrogens (tertiary/aromatic N) is 1. The first-order valence-electron chi connectivity index (χ1n) is 11.6. The molecule has 0 aliphatic heterocycles. The number of methoxy groups -OCH3 is 1. The van der Waals surface area contributed by atoms with Crippen molar-refractivity contribution in [2.45, 2.75) is 32.2 Å². The van der Waals surface area contributed by atoms with E-state index in [1.807, 2.05) is 18.2 Å². The van der Waals surface area contributed by atoms with E-state index in [1.165, 1.54) is 11.1 Å². The molecule has 0 saturated heterocycles. The number of benzene rings is 3. The number of aliphatic hydroxyl groups is 1. The molecule has 4 rings (SSSR count). The monoisotopic (exact) mass is 565 g/mol. The van der Waals surface area contributed by atoms with Gasteiger partial charge in [0.15, 0.2) is 0 Å². The van der Waals surface area contributed by atoms with Crippen LogP contribution in [0.3, 0.4) is 0 Å². The number of rotatable bonds is 11. The lowest BCUT2D eigenvalue weighted by Gasteiger charge is -2.19. The molecule has 0 aliphatic rings. The Morgan fingerprint density at radius 1 is 1.03 bits per heavy atom. The second-order valence-corrected chi connectivity index (χ2v) is 9.67. The van der Waals surface area contributed by atoms with Crippen molar-refractivity contribution in [2.24, 2.45) is 0 Å². The highest BCUT2D eigenvalue weighted by molar-refractivity contribution is 7.16. The number of aromatic nitrogens is 1. The molecule has 0 fully saturated rings. The number of hydrogen-bond donors (Lipinski definition) is 4. The number of aromatic amines is 1. The first kappa shape index (κ1) is 30.6. The molecule has 10 heteroatoms. The first-order valence-corrected chi connectivity index (χ1v) is 12.4. The fourth-order valence-electron chi connectivity index (χ4n) is 4.27. The maximum absolute atomic E-state index is 11.7. The number of ether oxygens (including phenoxy) is 1. The molecule has 1 atom stereocenters. The summed E-state index contributed by atoms with van der Waals surface area (Å²) in [5, 5.41) is 23.6. The third-order valence-corrected chi connectivity index (χ3v) is 6.88. The van der Waals surface area contributed by atoms with Crippen LogP contribution < -0.4 is 14.9 Å². The molecule has 3 aromatic carbocycles. The first-order chi connectivity index (χ1) is 16.9. The fourth-order valence-corrected chi connectivity index (χ4v) is 5.15. The molecule has 0 spiro atoms. The van der Waals surface area contributed by atoms with Crippen LogP contribution in [0.2, 0.25) is 0 Å². The Balaban J connectivity index is 0.00000241. The van der Waals surface area contributed by atoms with Crippen LogP contribution in [0, 0.1) is 0 Å². The van der Waals surface area contributed by atoms with Gasteiger partial charge in [0.1, 0.15) is 23.2 Å². The highest BCUT2D eigenvalue weighted by Crippen LogP contribution is 2.28. The number of halogens is 2. The number of aliphatic hydroxyl groups excluding tert-OH is 1. The molecule has 200 valence electrons. The SMILES string of the molecule is COc1ccccc1CN(C)Cc1cccc(CCNC(O)Cc2ccc(O)c3[nH]c(=O)sc23)c1.Cl.Cl. The summed E-state index contributed by atoms with van der Waals surface area (Å²) in [5.41, 5.74) is 4.83. The van der Waals surface area contributed by atoms with Gasteiger partial charge in [-0.05, 0) is 42.3 Å². The van der Waals surface area contributed by atoms with E-state index in [1.54, 1.807) is 19.2 Å². The molecule has 0 aliphatic carbocycles. The summed E-state index contributed by atoms with van der Waals surface area (Å²) >= 11 is 1.04. The molecule has 0 amide bonds. The van der Waals surface area contributed by atoms with E-state index in [0.29, 0.717) is 23.2 Å².